The lowest BCUT2D eigenvalue weighted by atomic mass is 9.85. The summed E-state index contributed by atoms with van der Waals surface area (Å²) in [4.78, 5) is 49.6. The zero-order chi connectivity index (χ0) is 26.6. The van der Waals surface area contributed by atoms with E-state index in [0.717, 1.165) is 51.7 Å². The van der Waals surface area contributed by atoms with Crippen LogP contribution in [-0.2, 0) is 22.4 Å². The van der Waals surface area contributed by atoms with Gasteiger partial charge in [0.1, 0.15) is 11.2 Å². The first kappa shape index (κ1) is 24.7. The van der Waals surface area contributed by atoms with Gasteiger partial charge in [0.15, 0.2) is 5.78 Å². The van der Waals surface area contributed by atoms with Crippen LogP contribution in [-0.4, -0.2) is 39.0 Å². The fourth-order valence-corrected chi connectivity index (χ4v) is 5.15. The highest BCUT2D eigenvalue weighted by atomic mass is 16.6. The number of aromatic nitrogens is 1. The number of fused-ring (bicyclic) bond motifs is 2. The number of nitrogens with zero attached hydrogens (tertiary/aromatic N) is 1. The van der Waals surface area contributed by atoms with Crippen molar-refractivity contribution in [1.82, 2.24) is 9.72 Å². The first-order valence-corrected chi connectivity index (χ1v) is 12.5. The number of amides is 1. The third-order valence-corrected chi connectivity index (χ3v) is 7.05. The first-order chi connectivity index (χ1) is 17.4. The van der Waals surface area contributed by atoms with Crippen molar-refractivity contribution in [3.05, 3.63) is 74.7 Å². The molecule has 2 aliphatic carbocycles. The summed E-state index contributed by atoms with van der Waals surface area (Å²) >= 11 is 0. The summed E-state index contributed by atoms with van der Waals surface area (Å²) in [7, 11) is 0. The molecule has 1 amide bonds. The van der Waals surface area contributed by atoms with Crippen LogP contribution >= 0.6 is 0 Å². The second-order valence-corrected chi connectivity index (χ2v) is 11.0. The van der Waals surface area contributed by atoms with Gasteiger partial charge in [0.25, 0.3) is 5.56 Å². The zero-order valence-corrected chi connectivity index (χ0v) is 21.4. The summed E-state index contributed by atoms with van der Waals surface area (Å²) in [5.74, 6) is -1.05. The van der Waals surface area contributed by atoms with Gasteiger partial charge in [0, 0.05) is 19.0 Å². The molecule has 8 heteroatoms. The van der Waals surface area contributed by atoms with E-state index in [1.807, 2.05) is 31.2 Å². The highest BCUT2D eigenvalue weighted by molar-refractivity contribution is 5.92. The molecule has 0 bridgehead atoms. The van der Waals surface area contributed by atoms with Gasteiger partial charge in [-0.2, -0.15) is 0 Å². The number of hydrogen-bond donors (Lipinski definition) is 2. The van der Waals surface area contributed by atoms with Crippen molar-refractivity contribution in [1.29, 1.82) is 0 Å². The number of hydrogen-bond acceptors (Lipinski definition) is 5. The largest absolute Gasteiger partial charge is 0.477 e. The fourth-order valence-electron chi connectivity index (χ4n) is 5.15. The summed E-state index contributed by atoms with van der Waals surface area (Å²) in [6.07, 6.45) is 3.56. The van der Waals surface area contributed by atoms with E-state index in [4.69, 9.17) is 4.74 Å². The summed E-state index contributed by atoms with van der Waals surface area (Å²) < 4.78 is 6.75. The molecular formula is C29H30N2O6. The number of carbonyl (C=O) groups excluding carboxylic acids is 2. The van der Waals surface area contributed by atoms with Gasteiger partial charge in [-0.15, -0.1) is 0 Å². The number of nitrogens with one attached hydrogen (secondary N) is 1. The lowest BCUT2D eigenvalue weighted by Crippen LogP contribution is -2.47. The van der Waals surface area contributed by atoms with Crippen LogP contribution < -0.4 is 10.9 Å². The van der Waals surface area contributed by atoms with Gasteiger partial charge >= 0.3 is 12.1 Å². The number of Topliss-reactive ketones (excluding diaryl/α,β-unsaturated/α-hetero) is 1. The number of pyridine rings is 2. The first-order valence-electron chi connectivity index (χ1n) is 12.5. The molecule has 0 saturated heterocycles. The van der Waals surface area contributed by atoms with Gasteiger partial charge < -0.3 is 15.2 Å². The molecule has 2 N–H and O–H groups in total. The number of benzene rings is 1. The van der Waals surface area contributed by atoms with Gasteiger partial charge in [0.05, 0.1) is 11.6 Å². The molecule has 3 aromatic rings. The standard InChI is InChI=1S/C29H30N2O6/c1-15-20(9-10-31-25(15)21(16-5-6-16)14-22(26(31)33)27(34)35)18-8-7-17-12-23(24(32)13-19(17)11-18)30-28(36)37-29(2,3)4/h7-11,14,16,23H,5-6,12-13H2,1-4H3,(H,30,36)(H,34,35). The molecule has 1 fully saturated rings. The van der Waals surface area contributed by atoms with E-state index in [9.17, 15) is 24.3 Å². The Morgan fingerprint density at radius 2 is 1.81 bits per heavy atom. The van der Waals surface area contributed by atoms with Crippen LogP contribution in [0.15, 0.2) is 41.3 Å². The van der Waals surface area contributed by atoms with E-state index in [1.165, 1.54) is 10.5 Å². The number of aromatic carboxylic acids is 1. The maximum Gasteiger partial charge on any atom is 0.408 e. The number of ether oxygens (including phenoxy) is 1. The van der Waals surface area contributed by atoms with E-state index in [2.05, 4.69) is 5.32 Å². The molecule has 2 aliphatic rings. The number of rotatable bonds is 4. The molecule has 0 spiro atoms. The van der Waals surface area contributed by atoms with E-state index in [0.29, 0.717) is 6.42 Å². The Balaban J connectivity index is 1.50. The van der Waals surface area contributed by atoms with Crippen molar-refractivity contribution in [2.75, 3.05) is 0 Å². The zero-order valence-electron chi connectivity index (χ0n) is 21.4. The minimum atomic E-state index is -1.22. The van der Waals surface area contributed by atoms with Crippen molar-refractivity contribution in [3.8, 4) is 11.1 Å². The van der Waals surface area contributed by atoms with Crippen molar-refractivity contribution >= 4 is 23.4 Å². The number of carbonyl (C=O) groups is 3. The molecule has 192 valence electrons. The third-order valence-electron chi connectivity index (χ3n) is 7.05. The lowest BCUT2D eigenvalue weighted by molar-refractivity contribution is -0.120. The average molecular weight is 503 g/mol. The maximum absolute atomic E-state index is 12.9. The Hall–Kier alpha value is -3.94. The van der Waals surface area contributed by atoms with Gasteiger partial charge in [-0.25, -0.2) is 9.59 Å². The van der Waals surface area contributed by atoms with Crippen LogP contribution in [0, 0.1) is 6.92 Å². The molecule has 2 heterocycles. The van der Waals surface area contributed by atoms with Crippen molar-refractivity contribution < 1.29 is 24.2 Å². The maximum atomic E-state index is 12.9. The van der Waals surface area contributed by atoms with Gasteiger partial charge in [0.2, 0.25) is 0 Å². The van der Waals surface area contributed by atoms with Gasteiger partial charge in [-0.3, -0.25) is 14.0 Å². The van der Waals surface area contributed by atoms with E-state index >= 15 is 0 Å². The normalized spacial score (nSPS) is 17.4. The molecular weight excluding hydrogens is 472 g/mol. The molecule has 1 aromatic carbocycles. The molecule has 37 heavy (non-hydrogen) atoms. The Kier molecular flexibility index (Phi) is 5.93. The van der Waals surface area contributed by atoms with Crippen LogP contribution in [0.3, 0.4) is 0 Å². The Labute approximate surface area is 214 Å². The summed E-state index contributed by atoms with van der Waals surface area (Å²) in [6.45, 7) is 7.27. The molecule has 0 aliphatic heterocycles. The van der Waals surface area contributed by atoms with E-state index in [-0.39, 0.29) is 23.7 Å². The van der Waals surface area contributed by atoms with Crippen molar-refractivity contribution in [3.63, 3.8) is 0 Å². The van der Waals surface area contributed by atoms with Gasteiger partial charge in [-0.1, -0.05) is 18.2 Å². The molecule has 2 aromatic heterocycles. The molecule has 1 unspecified atom stereocenters. The summed E-state index contributed by atoms with van der Waals surface area (Å²) in [6, 6.07) is 8.69. The molecule has 8 nitrogen and oxygen atoms in total. The number of carboxylic acids is 1. The fraction of sp³-hybridized carbons (Fsp3) is 0.379. The predicted octanol–water partition coefficient (Wildman–Crippen LogP) is 4.41. The summed E-state index contributed by atoms with van der Waals surface area (Å²) in [5, 5.41) is 12.2. The van der Waals surface area contributed by atoms with Gasteiger partial charge in [-0.05, 0) is 92.0 Å². The second kappa shape index (κ2) is 8.87. The van der Waals surface area contributed by atoms with Crippen LogP contribution in [0.1, 0.15) is 72.1 Å². The number of alkyl carbamates (subject to hydrolysis) is 1. The average Bonchev–Trinajstić information content (AvgIpc) is 3.64. The van der Waals surface area contributed by atoms with Crippen LogP contribution in [0.25, 0.3) is 16.6 Å². The van der Waals surface area contributed by atoms with Crippen molar-refractivity contribution in [2.45, 2.75) is 70.9 Å². The third kappa shape index (κ3) is 4.75. The second-order valence-electron chi connectivity index (χ2n) is 11.0. The Morgan fingerprint density at radius 3 is 2.46 bits per heavy atom. The summed E-state index contributed by atoms with van der Waals surface area (Å²) in [5.41, 5.74) is 4.88. The van der Waals surface area contributed by atoms with Crippen molar-refractivity contribution in [2.24, 2.45) is 0 Å². The SMILES string of the molecule is Cc1c(-c2ccc3c(c2)CC(=O)C(NC(=O)OC(C)(C)C)C3)ccn2c(=O)c(C(=O)O)cc(C3CC3)c12. The topological polar surface area (TPSA) is 114 Å². The number of carboxylic acid groups (broad SMARTS) is 1. The van der Waals surface area contributed by atoms with Crippen LogP contribution in [0.5, 0.6) is 0 Å². The van der Waals surface area contributed by atoms with Crippen LogP contribution in [0.2, 0.25) is 0 Å². The Morgan fingerprint density at radius 1 is 1.08 bits per heavy atom. The highest BCUT2D eigenvalue weighted by Crippen LogP contribution is 2.43. The van der Waals surface area contributed by atoms with E-state index in [1.54, 1.807) is 27.0 Å². The highest BCUT2D eigenvalue weighted by Gasteiger charge is 2.31. The van der Waals surface area contributed by atoms with E-state index < -0.39 is 29.3 Å². The number of aryl methyl sites for hydroxylation is 1. The molecule has 5 rings (SSSR count). The number of ketones is 1. The molecule has 0 radical (unpaired) electrons. The molecule has 1 saturated carbocycles. The Bertz CT molecular complexity index is 1520. The lowest BCUT2D eigenvalue weighted by Gasteiger charge is -2.27. The quantitative estimate of drug-likeness (QED) is 0.546. The smallest absolute Gasteiger partial charge is 0.408 e. The van der Waals surface area contributed by atoms with Crippen LogP contribution in [0.4, 0.5) is 4.79 Å². The predicted molar refractivity (Wildman–Crippen MR) is 138 cm³/mol. The monoisotopic (exact) mass is 502 g/mol. The molecule has 1 atom stereocenters. The minimum Gasteiger partial charge on any atom is -0.477 e. The minimum absolute atomic E-state index is 0.0745.